The van der Waals surface area contributed by atoms with Gasteiger partial charge in [-0.25, -0.2) is 0 Å². The maximum atomic E-state index is 5.72. The average Bonchev–Trinajstić information content (AvgIpc) is 2.24. The first-order valence-corrected chi connectivity index (χ1v) is 6.41. The zero-order valence-corrected chi connectivity index (χ0v) is 11.7. The van der Waals surface area contributed by atoms with Crippen LogP contribution in [-0.2, 0) is 5.41 Å². The molecule has 1 unspecified atom stereocenters. The molecule has 2 nitrogen and oxygen atoms in total. The largest absolute Gasteiger partial charge is 0.271 e. The van der Waals surface area contributed by atoms with E-state index in [1.807, 2.05) is 0 Å². The fourth-order valence-electron chi connectivity index (χ4n) is 2.24. The molecule has 0 aliphatic carbocycles. The van der Waals surface area contributed by atoms with Crippen molar-refractivity contribution in [3.8, 4) is 0 Å². The Balaban J connectivity index is 3.11. The first-order chi connectivity index (χ1) is 7.86. The molecule has 0 aliphatic heterocycles. The Bertz CT molecular complexity index is 350. The molecule has 0 fully saturated rings. The molecule has 1 atom stereocenters. The van der Waals surface area contributed by atoms with Gasteiger partial charge in [0.15, 0.2) is 0 Å². The summed E-state index contributed by atoms with van der Waals surface area (Å²) in [6, 6.07) is 8.83. The maximum absolute atomic E-state index is 5.72. The van der Waals surface area contributed by atoms with E-state index in [4.69, 9.17) is 5.84 Å². The zero-order valence-electron chi connectivity index (χ0n) is 11.7. The summed E-state index contributed by atoms with van der Waals surface area (Å²) in [6.07, 6.45) is 1.06. The van der Waals surface area contributed by atoms with Crippen LogP contribution in [0.2, 0.25) is 0 Å². The van der Waals surface area contributed by atoms with Crippen molar-refractivity contribution in [1.29, 1.82) is 0 Å². The van der Waals surface area contributed by atoms with Gasteiger partial charge in [0.05, 0.1) is 0 Å². The Morgan fingerprint density at radius 2 is 1.76 bits per heavy atom. The topological polar surface area (TPSA) is 38.0 Å². The molecular formula is C15H26N2. The average molecular weight is 234 g/mol. The van der Waals surface area contributed by atoms with E-state index in [-0.39, 0.29) is 11.5 Å². The summed E-state index contributed by atoms with van der Waals surface area (Å²) < 4.78 is 0. The maximum Gasteiger partial charge on any atom is 0.0465 e. The fraction of sp³-hybridized carbons (Fsp3) is 0.600. The minimum absolute atomic E-state index is 0.155. The molecule has 0 spiro atoms. The monoisotopic (exact) mass is 234 g/mol. The molecule has 0 saturated heterocycles. The lowest BCUT2D eigenvalue weighted by atomic mass is 9.80. The predicted molar refractivity (Wildman–Crippen MR) is 74.7 cm³/mol. The van der Waals surface area contributed by atoms with Gasteiger partial charge >= 0.3 is 0 Å². The molecule has 0 bridgehead atoms. The third kappa shape index (κ3) is 3.83. The Morgan fingerprint density at radius 3 is 2.24 bits per heavy atom. The number of rotatable bonds is 4. The molecule has 0 aliphatic rings. The lowest BCUT2D eigenvalue weighted by Gasteiger charge is -2.28. The molecule has 1 aromatic carbocycles. The molecule has 0 heterocycles. The molecule has 96 valence electrons. The van der Waals surface area contributed by atoms with E-state index in [0.717, 1.165) is 6.42 Å². The number of hydrazine groups is 1. The highest BCUT2D eigenvalue weighted by Gasteiger charge is 2.22. The van der Waals surface area contributed by atoms with Crippen molar-refractivity contribution < 1.29 is 0 Å². The fourth-order valence-corrected chi connectivity index (χ4v) is 2.24. The van der Waals surface area contributed by atoms with Crippen LogP contribution < -0.4 is 11.3 Å². The molecule has 3 N–H and O–H groups in total. The Hall–Kier alpha value is -0.860. The second-order valence-corrected chi connectivity index (χ2v) is 6.19. The molecule has 0 amide bonds. The lowest BCUT2D eigenvalue weighted by Crippen LogP contribution is -2.31. The van der Waals surface area contributed by atoms with Crippen LogP contribution in [0.25, 0.3) is 0 Å². The highest BCUT2D eigenvalue weighted by molar-refractivity contribution is 5.35. The molecular weight excluding hydrogens is 208 g/mol. The predicted octanol–water partition coefficient (Wildman–Crippen LogP) is 3.53. The van der Waals surface area contributed by atoms with E-state index in [1.165, 1.54) is 11.1 Å². The lowest BCUT2D eigenvalue weighted by molar-refractivity contribution is 0.429. The SMILES string of the molecule is CC(C)CC(NN)c1ccccc1C(C)(C)C. The van der Waals surface area contributed by atoms with Crippen molar-refractivity contribution in [1.82, 2.24) is 5.43 Å². The Labute approximate surface area is 106 Å². The third-order valence-corrected chi connectivity index (χ3v) is 3.05. The summed E-state index contributed by atoms with van der Waals surface area (Å²) in [5.41, 5.74) is 5.83. The molecule has 2 heteroatoms. The standard InChI is InChI=1S/C15H26N2/c1-11(2)10-14(17-16)12-8-6-7-9-13(12)15(3,4)5/h6-9,11,14,17H,10,16H2,1-5H3. The van der Waals surface area contributed by atoms with Gasteiger partial charge in [-0.1, -0.05) is 58.9 Å². The van der Waals surface area contributed by atoms with Gasteiger partial charge in [-0.05, 0) is 28.9 Å². The van der Waals surface area contributed by atoms with Crippen LogP contribution in [0.3, 0.4) is 0 Å². The van der Waals surface area contributed by atoms with Crippen molar-refractivity contribution in [2.75, 3.05) is 0 Å². The van der Waals surface area contributed by atoms with E-state index in [0.29, 0.717) is 5.92 Å². The first-order valence-electron chi connectivity index (χ1n) is 6.41. The van der Waals surface area contributed by atoms with Crippen molar-refractivity contribution in [3.05, 3.63) is 35.4 Å². The second kappa shape index (κ2) is 5.65. The summed E-state index contributed by atoms with van der Waals surface area (Å²) >= 11 is 0. The van der Waals surface area contributed by atoms with Crippen molar-refractivity contribution in [3.63, 3.8) is 0 Å². The van der Waals surface area contributed by atoms with E-state index in [9.17, 15) is 0 Å². The number of nitrogens with one attached hydrogen (secondary N) is 1. The molecule has 0 saturated carbocycles. The van der Waals surface area contributed by atoms with Crippen LogP contribution in [0, 0.1) is 5.92 Å². The molecule has 0 aromatic heterocycles. The number of nitrogens with two attached hydrogens (primary N) is 1. The van der Waals surface area contributed by atoms with E-state index in [2.05, 4.69) is 64.3 Å². The summed E-state index contributed by atoms with van der Waals surface area (Å²) in [6.45, 7) is 11.2. The third-order valence-electron chi connectivity index (χ3n) is 3.05. The summed E-state index contributed by atoms with van der Waals surface area (Å²) in [7, 11) is 0. The summed E-state index contributed by atoms with van der Waals surface area (Å²) in [4.78, 5) is 0. The minimum atomic E-state index is 0.155. The highest BCUT2D eigenvalue weighted by atomic mass is 15.2. The van der Waals surface area contributed by atoms with Gasteiger partial charge < -0.3 is 0 Å². The number of hydrogen-bond donors (Lipinski definition) is 2. The summed E-state index contributed by atoms with van der Waals surface area (Å²) in [5, 5.41) is 0. The van der Waals surface area contributed by atoms with Crippen molar-refractivity contribution in [2.45, 2.75) is 52.5 Å². The minimum Gasteiger partial charge on any atom is -0.271 e. The first kappa shape index (κ1) is 14.2. The highest BCUT2D eigenvalue weighted by Crippen LogP contribution is 2.31. The van der Waals surface area contributed by atoms with Crippen LogP contribution in [0.1, 0.15) is 58.2 Å². The Kier molecular flexibility index (Phi) is 4.72. The molecule has 1 rings (SSSR count). The summed E-state index contributed by atoms with van der Waals surface area (Å²) in [5.74, 6) is 6.34. The van der Waals surface area contributed by atoms with E-state index >= 15 is 0 Å². The van der Waals surface area contributed by atoms with Gasteiger partial charge in [0, 0.05) is 6.04 Å². The molecule has 17 heavy (non-hydrogen) atoms. The quantitative estimate of drug-likeness (QED) is 0.618. The van der Waals surface area contributed by atoms with Crippen molar-refractivity contribution >= 4 is 0 Å². The van der Waals surface area contributed by atoms with Gasteiger partial charge in [-0.15, -0.1) is 0 Å². The number of benzene rings is 1. The van der Waals surface area contributed by atoms with Gasteiger partial charge in [-0.3, -0.25) is 11.3 Å². The van der Waals surface area contributed by atoms with Gasteiger partial charge in [0.2, 0.25) is 0 Å². The second-order valence-electron chi connectivity index (χ2n) is 6.19. The van der Waals surface area contributed by atoms with Crippen LogP contribution in [0.4, 0.5) is 0 Å². The smallest absolute Gasteiger partial charge is 0.0465 e. The van der Waals surface area contributed by atoms with Gasteiger partial charge in [-0.2, -0.15) is 0 Å². The van der Waals surface area contributed by atoms with E-state index in [1.54, 1.807) is 0 Å². The molecule has 0 radical (unpaired) electrons. The number of hydrogen-bond acceptors (Lipinski definition) is 2. The molecule has 1 aromatic rings. The van der Waals surface area contributed by atoms with Crippen molar-refractivity contribution in [2.24, 2.45) is 11.8 Å². The van der Waals surface area contributed by atoms with Crippen LogP contribution in [0.5, 0.6) is 0 Å². The zero-order chi connectivity index (χ0) is 13.1. The van der Waals surface area contributed by atoms with Crippen LogP contribution in [0.15, 0.2) is 24.3 Å². The van der Waals surface area contributed by atoms with E-state index < -0.39 is 0 Å². The normalized spacial score (nSPS) is 14.1. The van der Waals surface area contributed by atoms with Gasteiger partial charge in [0.25, 0.3) is 0 Å². The van der Waals surface area contributed by atoms with Crippen LogP contribution >= 0.6 is 0 Å². The van der Waals surface area contributed by atoms with Crippen LogP contribution in [-0.4, -0.2) is 0 Å². The Morgan fingerprint density at radius 1 is 1.18 bits per heavy atom. The van der Waals surface area contributed by atoms with Gasteiger partial charge in [0.1, 0.15) is 0 Å².